The maximum absolute atomic E-state index is 13.6. The highest BCUT2D eigenvalue weighted by Crippen LogP contribution is 2.52. The van der Waals surface area contributed by atoms with Gasteiger partial charge in [-0.05, 0) is 25.0 Å². The van der Waals surface area contributed by atoms with Crippen LogP contribution in [-0.2, 0) is 16.0 Å². The number of nitrogens with two attached hydrogens (primary N) is 1. The van der Waals surface area contributed by atoms with E-state index >= 15 is 0 Å². The molecule has 0 amide bonds. The van der Waals surface area contributed by atoms with Crippen molar-refractivity contribution in [3.05, 3.63) is 63.4 Å². The van der Waals surface area contributed by atoms with Crippen LogP contribution in [0.3, 0.4) is 0 Å². The number of methoxy groups -OCH3 is 1. The highest BCUT2D eigenvalue weighted by atomic mass is 16.5. The molecule has 0 heterocycles. The molecule has 0 fully saturated rings. The van der Waals surface area contributed by atoms with Crippen LogP contribution in [0.1, 0.15) is 68.3 Å². The third-order valence-electron chi connectivity index (χ3n) is 7.58. The topological polar surface area (TPSA) is 197 Å². The lowest BCUT2D eigenvalue weighted by molar-refractivity contribution is -0.149. The first kappa shape index (κ1) is 25.9. The van der Waals surface area contributed by atoms with E-state index < -0.39 is 83.3 Å². The highest BCUT2D eigenvalue weighted by molar-refractivity contribution is 6.31. The molecule has 0 spiro atoms. The molecule has 200 valence electrons. The van der Waals surface area contributed by atoms with Crippen LogP contribution < -0.4 is 10.5 Å². The molecular formula is C27H27NO10. The number of aliphatic hydroxyl groups is 3. The third-order valence-corrected chi connectivity index (χ3v) is 7.58. The number of ketones is 3. The second-order valence-electron chi connectivity index (χ2n) is 9.83. The molecule has 11 nitrogen and oxygen atoms in total. The van der Waals surface area contributed by atoms with Crippen molar-refractivity contribution in [1.82, 2.24) is 0 Å². The summed E-state index contributed by atoms with van der Waals surface area (Å²) in [6.07, 6.45) is -0.898. The molecule has 0 aliphatic heterocycles. The second kappa shape index (κ2) is 9.21. The van der Waals surface area contributed by atoms with E-state index in [1.54, 1.807) is 0 Å². The van der Waals surface area contributed by atoms with Crippen LogP contribution in [0.4, 0.5) is 0 Å². The number of rotatable bonds is 5. The van der Waals surface area contributed by atoms with Crippen LogP contribution >= 0.6 is 0 Å². The van der Waals surface area contributed by atoms with Gasteiger partial charge in [0.05, 0.1) is 42.0 Å². The quantitative estimate of drug-likeness (QED) is 0.261. The van der Waals surface area contributed by atoms with Crippen LogP contribution in [0, 0.1) is 0 Å². The fourth-order valence-electron chi connectivity index (χ4n) is 5.64. The van der Waals surface area contributed by atoms with Gasteiger partial charge in [-0.15, -0.1) is 0 Å². The standard InChI is InChI=1S/C27H27NO10/c1-37-16-4-2-3-12-19(16)25(34)22-21(23(12)32)24(33)13-8-27(36,18(31)10-29)9-17(20(13)26(22)35)38-11-5-6-15(30)14(28)7-11/h2-4,6,11,14,17,29-30,33,35-36H,5,7-10,28H2,1H3/t11?,14?,17?,27-/m0/s1. The Morgan fingerprint density at radius 3 is 2.47 bits per heavy atom. The number of carbonyl (C=O) groups excluding carboxylic acids is 3. The normalized spacial score (nSPS) is 26.2. The molecule has 3 aliphatic carbocycles. The van der Waals surface area contributed by atoms with E-state index in [2.05, 4.69) is 0 Å². The zero-order chi connectivity index (χ0) is 27.5. The van der Waals surface area contributed by atoms with Crippen LogP contribution in [0.5, 0.6) is 17.2 Å². The first-order valence-electron chi connectivity index (χ1n) is 12.1. The van der Waals surface area contributed by atoms with Crippen molar-refractivity contribution in [3.63, 3.8) is 0 Å². The number of phenols is 2. The van der Waals surface area contributed by atoms with Gasteiger partial charge in [-0.1, -0.05) is 12.1 Å². The minimum absolute atomic E-state index is 0.00728. The van der Waals surface area contributed by atoms with Gasteiger partial charge >= 0.3 is 0 Å². The number of Topliss-reactive ketones (excluding diaryl/α,β-unsaturated/α-hetero) is 1. The van der Waals surface area contributed by atoms with Gasteiger partial charge in [0, 0.05) is 29.5 Å². The van der Waals surface area contributed by atoms with E-state index in [1.165, 1.54) is 31.4 Å². The first-order chi connectivity index (χ1) is 18.0. The molecule has 4 atom stereocenters. The van der Waals surface area contributed by atoms with E-state index in [0.717, 1.165) is 0 Å². The smallest absolute Gasteiger partial charge is 0.202 e. The number of benzene rings is 2. The fraction of sp³-hybridized carbons (Fsp3) is 0.370. The number of phenolic OH excluding ortho intramolecular Hbond substituents is 2. The van der Waals surface area contributed by atoms with E-state index in [9.17, 15) is 39.9 Å². The predicted octanol–water partition coefficient (Wildman–Crippen LogP) is 1.11. The van der Waals surface area contributed by atoms with Crippen molar-refractivity contribution < 1.29 is 49.4 Å². The van der Waals surface area contributed by atoms with E-state index in [4.69, 9.17) is 15.2 Å². The van der Waals surface area contributed by atoms with E-state index in [0.29, 0.717) is 0 Å². The first-order valence-corrected chi connectivity index (χ1v) is 12.1. The van der Waals surface area contributed by atoms with E-state index in [-0.39, 0.29) is 46.6 Å². The zero-order valence-electron chi connectivity index (χ0n) is 20.4. The van der Waals surface area contributed by atoms with Gasteiger partial charge in [-0.3, -0.25) is 14.4 Å². The fourth-order valence-corrected chi connectivity index (χ4v) is 5.64. The van der Waals surface area contributed by atoms with Crippen LogP contribution in [-0.4, -0.2) is 74.3 Å². The molecule has 3 unspecified atom stereocenters. The summed E-state index contributed by atoms with van der Waals surface area (Å²) in [7, 11) is 1.33. The number of ether oxygens (including phenoxy) is 2. The largest absolute Gasteiger partial charge is 0.511 e. The second-order valence-corrected chi connectivity index (χ2v) is 9.83. The maximum atomic E-state index is 13.6. The van der Waals surface area contributed by atoms with Gasteiger partial charge in [0.25, 0.3) is 0 Å². The van der Waals surface area contributed by atoms with Crippen LogP contribution in [0.2, 0.25) is 0 Å². The third kappa shape index (κ3) is 3.78. The number of fused-ring (bicyclic) bond motifs is 3. The molecule has 11 heteroatoms. The molecule has 3 aliphatic rings. The van der Waals surface area contributed by atoms with Crippen molar-refractivity contribution >= 4 is 17.3 Å². The van der Waals surface area contributed by atoms with Gasteiger partial charge in [-0.25, -0.2) is 0 Å². The molecule has 2 aromatic rings. The van der Waals surface area contributed by atoms with Gasteiger partial charge in [0.15, 0.2) is 11.6 Å². The molecule has 0 saturated heterocycles. The Balaban J connectivity index is 1.70. The Bertz CT molecular complexity index is 1410. The summed E-state index contributed by atoms with van der Waals surface area (Å²) in [6.45, 7) is -0.994. The predicted molar refractivity (Wildman–Crippen MR) is 131 cm³/mol. The Morgan fingerprint density at radius 2 is 1.82 bits per heavy atom. The number of hydrogen-bond acceptors (Lipinski definition) is 11. The Hall–Kier alpha value is -3.77. The lowest BCUT2D eigenvalue weighted by Crippen LogP contribution is -2.48. The molecule has 38 heavy (non-hydrogen) atoms. The summed E-state index contributed by atoms with van der Waals surface area (Å²) in [5.74, 6) is -3.62. The van der Waals surface area contributed by atoms with Crippen molar-refractivity contribution in [2.45, 2.75) is 49.5 Å². The molecule has 0 aromatic heterocycles. The van der Waals surface area contributed by atoms with Crippen molar-refractivity contribution in [3.8, 4) is 17.2 Å². The summed E-state index contributed by atoms with van der Waals surface area (Å²) < 4.78 is 11.4. The van der Waals surface area contributed by atoms with Gasteiger partial charge in [-0.2, -0.15) is 0 Å². The molecule has 0 bridgehead atoms. The lowest BCUT2D eigenvalue weighted by atomic mass is 9.71. The van der Waals surface area contributed by atoms with Gasteiger partial charge in [0.2, 0.25) is 5.78 Å². The van der Waals surface area contributed by atoms with Crippen molar-refractivity contribution in [2.75, 3.05) is 13.7 Å². The molecule has 0 saturated carbocycles. The maximum Gasteiger partial charge on any atom is 0.202 e. The number of aliphatic hydroxyl groups excluding tert-OH is 2. The van der Waals surface area contributed by atoms with Crippen molar-refractivity contribution in [1.29, 1.82) is 0 Å². The van der Waals surface area contributed by atoms with E-state index in [1.807, 2.05) is 0 Å². The summed E-state index contributed by atoms with van der Waals surface area (Å²) in [4.78, 5) is 39.7. The molecule has 0 radical (unpaired) electrons. The Morgan fingerprint density at radius 1 is 1.11 bits per heavy atom. The molecule has 7 N–H and O–H groups in total. The average Bonchev–Trinajstić information content (AvgIpc) is 2.90. The summed E-state index contributed by atoms with van der Waals surface area (Å²) >= 11 is 0. The number of hydrogen-bond donors (Lipinski definition) is 6. The summed E-state index contributed by atoms with van der Waals surface area (Å²) in [5, 5.41) is 53.3. The minimum atomic E-state index is -2.19. The van der Waals surface area contributed by atoms with Gasteiger partial charge in [0.1, 0.15) is 35.2 Å². The summed E-state index contributed by atoms with van der Waals surface area (Å²) in [6, 6.07) is 3.67. The zero-order valence-corrected chi connectivity index (χ0v) is 20.4. The average molecular weight is 526 g/mol. The lowest BCUT2D eigenvalue weighted by Gasteiger charge is -2.40. The SMILES string of the molecule is COc1cccc2c1C(=O)c1c(O)c3c(c(O)c1C2=O)C[C@@](O)(C(=O)CO)CC3OC1CC=C(O)C(N)C1. The van der Waals surface area contributed by atoms with Crippen molar-refractivity contribution in [2.24, 2.45) is 5.73 Å². The monoisotopic (exact) mass is 525 g/mol. The number of aromatic hydroxyl groups is 2. The Labute approximate surface area is 216 Å². The number of carbonyl (C=O) groups is 3. The minimum Gasteiger partial charge on any atom is -0.511 e. The van der Waals surface area contributed by atoms with Crippen LogP contribution in [0.25, 0.3) is 0 Å². The Kier molecular flexibility index (Phi) is 6.27. The molecular weight excluding hydrogens is 498 g/mol. The summed E-state index contributed by atoms with van der Waals surface area (Å²) in [5.41, 5.74) is 2.53. The van der Waals surface area contributed by atoms with Crippen LogP contribution in [0.15, 0.2) is 30.0 Å². The highest BCUT2D eigenvalue weighted by Gasteiger charge is 2.49. The molecule has 2 aromatic carbocycles. The molecule has 5 rings (SSSR count). The van der Waals surface area contributed by atoms with Gasteiger partial charge < -0.3 is 40.7 Å².